The number of rotatable bonds is 3. The molecule has 3 aliphatic rings. The fraction of sp³-hybridized carbons (Fsp3) is 0.467. The molecule has 4 nitrogen and oxygen atoms in total. The van der Waals surface area contributed by atoms with Crippen LogP contribution in [0.3, 0.4) is 0 Å². The van der Waals surface area contributed by atoms with Crippen molar-refractivity contribution in [3.63, 3.8) is 0 Å². The molecule has 1 aromatic carbocycles. The normalized spacial score (nSPS) is 27.8. The summed E-state index contributed by atoms with van der Waals surface area (Å²) in [6, 6.07) is 8.66. The highest BCUT2D eigenvalue weighted by Gasteiger charge is 2.34. The SMILES string of the molecule is S=C(N/N=C\c1cccc(I)c1)N[C@H]1CN2CCC1CC2. The minimum atomic E-state index is 0.473. The van der Waals surface area contributed by atoms with Gasteiger partial charge in [-0.25, -0.2) is 0 Å². The Kier molecular flexibility index (Phi) is 5.07. The minimum Gasteiger partial charge on any atom is -0.357 e. The third-order valence-corrected chi connectivity index (χ3v) is 5.08. The zero-order chi connectivity index (χ0) is 14.7. The lowest BCUT2D eigenvalue weighted by atomic mass is 9.84. The molecule has 6 heteroatoms. The van der Waals surface area contributed by atoms with Crippen LogP contribution in [0.25, 0.3) is 0 Å². The monoisotopic (exact) mass is 414 g/mol. The predicted molar refractivity (Wildman–Crippen MR) is 98.6 cm³/mol. The van der Waals surface area contributed by atoms with E-state index in [9.17, 15) is 0 Å². The first-order valence-corrected chi connectivity index (χ1v) is 8.77. The van der Waals surface area contributed by atoms with Crippen LogP contribution < -0.4 is 10.7 Å². The van der Waals surface area contributed by atoms with Gasteiger partial charge in [0, 0.05) is 16.2 Å². The lowest BCUT2D eigenvalue weighted by Crippen LogP contribution is -2.58. The molecule has 3 aliphatic heterocycles. The Morgan fingerprint density at radius 1 is 1.38 bits per heavy atom. The predicted octanol–water partition coefficient (Wildman–Crippen LogP) is 2.18. The van der Waals surface area contributed by atoms with Crippen LogP contribution in [0.4, 0.5) is 0 Å². The van der Waals surface area contributed by atoms with Crippen LogP contribution in [0.15, 0.2) is 29.4 Å². The van der Waals surface area contributed by atoms with Crippen LogP contribution >= 0.6 is 34.8 Å². The van der Waals surface area contributed by atoms with Crippen molar-refractivity contribution >= 4 is 46.1 Å². The number of nitrogens with one attached hydrogen (secondary N) is 2. The molecule has 1 atom stereocenters. The Bertz CT molecular complexity index is 540. The third kappa shape index (κ3) is 4.14. The molecule has 0 spiro atoms. The molecule has 112 valence electrons. The Labute approximate surface area is 144 Å². The molecule has 0 unspecified atom stereocenters. The smallest absolute Gasteiger partial charge is 0.187 e. The van der Waals surface area contributed by atoms with Gasteiger partial charge in [-0.1, -0.05) is 12.1 Å². The lowest BCUT2D eigenvalue weighted by molar-refractivity contribution is 0.0812. The fourth-order valence-electron chi connectivity index (χ4n) is 3.08. The molecule has 4 rings (SSSR count). The molecule has 2 bridgehead atoms. The molecule has 0 aliphatic carbocycles. The Morgan fingerprint density at radius 3 is 2.86 bits per heavy atom. The van der Waals surface area contributed by atoms with Crippen LogP contribution in [0.1, 0.15) is 18.4 Å². The number of piperidine rings is 3. The van der Waals surface area contributed by atoms with Crippen molar-refractivity contribution < 1.29 is 0 Å². The summed E-state index contributed by atoms with van der Waals surface area (Å²) in [6.07, 6.45) is 4.37. The largest absolute Gasteiger partial charge is 0.357 e. The van der Waals surface area contributed by atoms with E-state index in [1.807, 2.05) is 12.1 Å². The first kappa shape index (κ1) is 15.2. The highest BCUT2D eigenvalue weighted by Crippen LogP contribution is 2.27. The molecule has 0 radical (unpaired) electrons. The topological polar surface area (TPSA) is 39.7 Å². The standard InChI is InChI=1S/C15H19IN4S/c16-13-3-1-2-11(8-13)9-17-19-15(21)18-14-10-20-6-4-12(14)5-7-20/h1-3,8-9,12,14H,4-7,10H2,(H2,18,19,21)/b17-9-/t14-/m0/s1. The van der Waals surface area contributed by atoms with Crippen molar-refractivity contribution in [2.24, 2.45) is 11.0 Å². The van der Waals surface area contributed by atoms with Crippen LogP contribution in [-0.4, -0.2) is 41.9 Å². The van der Waals surface area contributed by atoms with Crippen LogP contribution in [0.2, 0.25) is 0 Å². The average Bonchev–Trinajstić information content (AvgIpc) is 2.48. The van der Waals surface area contributed by atoms with Gasteiger partial charge in [-0.3, -0.25) is 5.43 Å². The molecule has 21 heavy (non-hydrogen) atoms. The van der Waals surface area contributed by atoms with Crippen molar-refractivity contribution in [2.75, 3.05) is 19.6 Å². The van der Waals surface area contributed by atoms with E-state index >= 15 is 0 Å². The number of benzene rings is 1. The number of thiocarbonyl (C=S) groups is 1. The molecule has 0 amide bonds. The van der Waals surface area contributed by atoms with Crippen molar-refractivity contribution in [2.45, 2.75) is 18.9 Å². The quantitative estimate of drug-likeness (QED) is 0.344. The first-order chi connectivity index (χ1) is 10.2. The minimum absolute atomic E-state index is 0.473. The maximum Gasteiger partial charge on any atom is 0.187 e. The zero-order valence-electron chi connectivity index (χ0n) is 11.8. The Hall–Kier alpha value is -0.730. The van der Waals surface area contributed by atoms with Crippen LogP contribution in [-0.2, 0) is 0 Å². The fourth-order valence-corrected chi connectivity index (χ4v) is 3.85. The second-order valence-corrected chi connectivity index (χ2v) is 7.30. The summed E-state index contributed by atoms with van der Waals surface area (Å²) >= 11 is 7.63. The lowest BCUT2D eigenvalue weighted by Gasteiger charge is -2.45. The Morgan fingerprint density at radius 2 is 2.19 bits per heavy atom. The average molecular weight is 414 g/mol. The molecule has 3 saturated heterocycles. The van der Waals surface area contributed by atoms with Gasteiger partial charge < -0.3 is 10.2 Å². The second kappa shape index (κ2) is 7.02. The van der Waals surface area contributed by atoms with E-state index in [0.29, 0.717) is 11.2 Å². The number of hydrazone groups is 1. The summed E-state index contributed by atoms with van der Waals surface area (Å²) in [7, 11) is 0. The molecule has 1 aromatic rings. The maximum absolute atomic E-state index is 5.34. The highest BCUT2D eigenvalue weighted by atomic mass is 127. The summed E-state index contributed by atoms with van der Waals surface area (Å²) in [5.74, 6) is 0.759. The van der Waals surface area contributed by atoms with Crippen molar-refractivity contribution in [1.82, 2.24) is 15.6 Å². The summed E-state index contributed by atoms with van der Waals surface area (Å²) in [5.41, 5.74) is 4.00. The van der Waals surface area contributed by atoms with E-state index < -0.39 is 0 Å². The van der Waals surface area contributed by atoms with Crippen molar-refractivity contribution in [3.05, 3.63) is 33.4 Å². The number of hydrogen-bond donors (Lipinski definition) is 2. The van der Waals surface area contributed by atoms with Crippen LogP contribution in [0.5, 0.6) is 0 Å². The Balaban J connectivity index is 1.48. The van der Waals surface area contributed by atoms with Crippen LogP contribution in [0, 0.1) is 9.49 Å². The third-order valence-electron chi connectivity index (χ3n) is 4.20. The number of nitrogens with zero attached hydrogens (tertiary/aromatic N) is 2. The maximum atomic E-state index is 5.34. The molecule has 0 saturated carbocycles. The summed E-state index contributed by atoms with van der Waals surface area (Å²) in [6.45, 7) is 3.59. The van der Waals surface area contributed by atoms with Gasteiger partial charge in [0.2, 0.25) is 0 Å². The molecule has 2 N–H and O–H groups in total. The van der Waals surface area contributed by atoms with Crippen molar-refractivity contribution in [3.8, 4) is 0 Å². The highest BCUT2D eigenvalue weighted by molar-refractivity contribution is 14.1. The van der Waals surface area contributed by atoms with E-state index in [-0.39, 0.29) is 0 Å². The molecular formula is C15H19IN4S. The summed E-state index contributed by atoms with van der Waals surface area (Å²) < 4.78 is 1.20. The van der Waals surface area contributed by atoms with Gasteiger partial charge in [0.25, 0.3) is 0 Å². The molecule has 3 fully saturated rings. The second-order valence-electron chi connectivity index (χ2n) is 5.64. The van der Waals surface area contributed by atoms with E-state index in [4.69, 9.17) is 12.2 Å². The summed E-state index contributed by atoms with van der Waals surface area (Å²) in [4.78, 5) is 2.51. The zero-order valence-corrected chi connectivity index (χ0v) is 14.7. The van der Waals surface area contributed by atoms with E-state index in [1.165, 1.54) is 29.5 Å². The molecule has 0 aromatic heterocycles. The van der Waals surface area contributed by atoms with Gasteiger partial charge >= 0.3 is 0 Å². The number of halogens is 1. The van der Waals surface area contributed by atoms with Crippen molar-refractivity contribution in [1.29, 1.82) is 0 Å². The number of fused-ring (bicyclic) bond motifs is 3. The van der Waals surface area contributed by atoms with Gasteiger partial charge in [-0.15, -0.1) is 0 Å². The molecular weight excluding hydrogens is 395 g/mol. The summed E-state index contributed by atoms with van der Waals surface area (Å²) in [5, 5.41) is 8.25. The van der Waals surface area contributed by atoms with Gasteiger partial charge in [-0.2, -0.15) is 5.10 Å². The molecule has 3 heterocycles. The van der Waals surface area contributed by atoms with E-state index in [2.05, 4.69) is 55.5 Å². The number of hydrogen-bond acceptors (Lipinski definition) is 3. The van der Waals surface area contributed by atoms with Gasteiger partial charge in [0.1, 0.15) is 0 Å². The van der Waals surface area contributed by atoms with E-state index in [0.717, 1.165) is 18.0 Å². The van der Waals surface area contributed by atoms with E-state index in [1.54, 1.807) is 6.21 Å². The van der Waals surface area contributed by atoms with Gasteiger partial charge in [-0.05, 0) is 84.4 Å². The first-order valence-electron chi connectivity index (χ1n) is 7.28. The van der Waals surface area contributed by atoms with Gasteiger partial charge in [0.15, 0.2) is 5.11 Å². The van der Waals surface area contributed by atoms with Gasteiger partial charge in [0.05, 0.1) is 6.21 Å².